The summed E-state index contributed by atoms with van der Waals surface area (Å²) in [5, 5.41) is 0.340. The molecule has 4 rings (SSSR count). The Morgan fingerprint density at radius 1 is 1.17 bits per heavy atom. The van der Waals surface area contributed by atoms with Gasteiger partial charge in [-0.15, -0.1) is 0 Å². The molecule has 0 bridgehead atoms. The van der Waals surface area contributed by atoms with Crippen molar-refractivity contribution in [1.82, 2.24) is 14.4 Å². The van der Waals surface area contributed by atoms with Crippen LogP contribution in [0, 0.1) is 0 Å². The topological polar surface area (TPSA) is 71.8 Å². The first-order valence-corrected chi connectivity index (χ1v) is 9.26. The first kappa shape index (κ1) is 19.5. The molecule has 1 aromatic heterocycles. The molecule has 2 aliphatic heterocycles. The van der Waals surface area contributed by atoms with Gasteiger partial charge in [-0.1, -0.05) is 12.1 Å². The lowest BCUT2D eigenvalue weighted by molar-refractivity contribution is -0.139. The highest BCUT2D eigenvalue weighted by atomic mass is 19.2. The molecule has 7 nitrogen and oxygen atoms in total. The minimum absolute atomic E-state index is 0.0752. The van der Waals surface area contributed by atoms with E-state index in [0.717, 1.165) is 9.80 Å². The van der Waals surface area contributed by atoms with E-state index in [-0.39, 0.29) is 18.7 Å². The second-order valence-corrected chi connectivity index (χ2v) is 7.65. The zero-order valence-corrected chi connectivity index (χ0v) is 16.2. The maximum Gasteiger partial charge on any atom is 0.265 e. The zero-order valence-electron chi connectivity index (χ0n) is 16.2. The second-order valence-electron chi connectivity index (χ2n) is 7.65. The van der Waals surface area contributed by atoms with Gasteiger partial charge in [0, 0.05) is 32.3 Å². The molecule has 2 saturated heterocycles. The summed E-state index contributed by atoms with van der Waals surface area (Å²) >= 11 is 0. The summed E-state index contributed by atoms with van der Waals surface area (Å²) in [6.07, 6.45) is 1.36. The number of para-hydroxylation sites is 1. The molecule has 2 atom stereocenters. The molecule has 1 aromatic carbocycles. The molecule has 3 heterocycles. The molecule has 0 N–H and O–H groups in total. The number of pyridine rings is 1. The van der Waals surface area contributed by atoms with Crippen molar-refractivity contribution < 1.29 is 23.1 Å². The Morgan fingerprint density at radius 3 is 2.59 bits per heavy atom. The van der Waals surface area contributed by atoms with Crippen LogP contribution < -0.4 is 5.43 Å². The predicted octanol–water partition coefficient (Wildman–Crippen LogP) is 0.899. The lowest BCUT2D eigenvalue weighted by atomic mass is 9.93. The van der Waals surface area contributed by atoms with Gasteiger partial charge in [0.1, 0.15) is 5.56 Å². The number of ether oxygens (including phenoxy) is 1. The zero-order chi connectivity index (χ0) is 21.0. The number of hydrogen-bond donors (Lipinski definition) is 0. The van der Waals surface area contributed by atoms with E-state index in [9.17, 15) is 14.4 Å². The van der Waals surface area contributed by atoms with Crippen LogP contribution in [0.1, 0.15) is 10.4 Å². The Bertz CT molecular complexity index is 1070. The van der Waals surface area contributed by atoms with Crippen LogP contribution in [0.4, 0.5) is 8.78 Å². The van der Waals surface area contributed by atoms with Gasteiger partial charge in [-0.25, -0.2) is 8.78 Å². The first-order chi connectivity index (χ1) is 13.7. The molecule has 2 aliphatic rings. The van der Waals surface area contributed by atoms with Gasteiger partial charge in [-0.05, 0) is 12.1 Å². The van der Waals surface area contributed by atoms with Crippen LogP contribution in [-0.2, 0) is 16.6 Å². The van der Waals surface area contributed by atoms with Gasteiger partial charge in [0.15, 0.2) is 5.67 Å². The molecule has 9 heteroatoms. The lowest BCUT2D eigenvalue weighted by Gasteiger charge is -2.22. The third-order valence-corrected chi connectivity index (χ3v) is 5.81. The van der Waals surface area contributed by atoms with Crippen molar-refractivity contribution in [2.45, 2.75) is 11.3 Å². The van der Waals surface area contributed by atoms with Gasteiger partial charge >= 0.3 is 0 Å². The maximum absolute atomic E-state index is 15.4. The van der Waals surface area contributed by atoms with E-state index in [1.54, 1.807) is 35.9 Å². The number of hydrogen-bond acceptors (Lipinski definition) is 4. The van der Waals surface area contributed by atoms with Gasteiger partial charge in [0.2, 0.25) is 11.1 Å². The van der Waals surface area contributed by atoms with Crippen molar-refractivity contribution in [2.24, 2.45) is 7.05 Å². The smallest absolute Gasteiger partial charge is 0.265 e. The van der Waals surface area contributed by atoms with Crippen LogP contribution in [0.3, 0.4) is 0 Å². The average molecular weight is 405 g/mol. The van der Waals surface area contributed by atoms with Crippen molar-refractivity contribution in [3.63, 3.8) is 0 Å². The van der Waals surface area contributed by atoms with E-state index in [1.807, 2.05) is 0 Å². The Kier molecular flexibility index (Phi) is 4.45. The van der Waals surface area contributed by atoms with E-state index in [4.69, 9.17) is 4.74 Å². The fraction of sp³-hybridized carbons (Fsp3) is 0.450. The standard InChI is InChI=1S/C20H21F2N3O4/c1-23-9-14(16(26)13-5-3-4-6-15(13)23)17(27)25-11-19(21)10-24(7-8-29-2)18(28)20(19,22)12-25/h3-6,9H,7-8,10-12H2,1-2H3/t19-,20-/m0/s1. The van der Waals surface area contributed by atoms with E-state index >= 15 is 8.78 Å². The SMILES string of the molecule is COCCN1C[C@]2(F)CN(C(=O)c3cn(C)c4ccccc4c3=O)C[C@]2(F)C1=O. The molecule has 0 unspecified atom stereocenters. The Morgan fingerprint density at radius 2 is 1.90 bits per heavy atom. The fourth-order valence-corrected chi connectivity index (χ4v) is 4.24. The van der Waals surface area contributed by atoms with Crippen LogP contribution in [0.2, 0.25) is 0 Å². The molecule has 154 valence electrons. The van der Waals surface area contributed by atoms with E-state index in [1.165, 1.54) is 13.3 Å². The monoisotopic (exact) mass is 405 g/mol. The highest BCUT2D eigenvalue weighted by Crippen LogP contribution is 2.45. The molecule has 2 aromatic rings. The van der Waals surface area contributed by atoms with Gasteiger partial charge in [0.05, 0.1) is 31.8 Å². The van der Waals surface area contributed by atoms with Crippen molar-refractivity contribution in [3.05, 3.63) is 46.2 Å². The molecular weight excluding hydrogens is 384 g/mol. The fourth-order valence-electron chi connectivity index (χ4n) is 4.24. The molecule has 2 amide bonds. The summed E-state index contributed by atoms with van der Waals surface area (Å²) in [6, 6.07) is 6.79. The average Bonchev–Trinajstić information content (AvgIpc) is 3.07. The Hall–Kier alpha value is -2.81. The lowest BCUT2D eigenvalue weighted by Crippen LogP contribution is -2.47. The number of rotatable bonds is 4. The molecule has 0 saturated carbocycles. The van der Waals surface area contributed by atoms with E-state index in [2.05, 4.69) is 0 Å². The molecule has 0 radical (unpaired) electrons. The summed E-state index contributed by atoms with van der Waals surface area (Å²) in [4.78, 5) is 40.2. The van der Waals surface area contributed by atoms with Crippen LogP contribution in [0.15, 0.2) is 35.3 Å². The number of methoxy groups -OCH3 is 1. The number of halogens is 2. The summed E-state index contributed by atoms with van der Waals surface area (Å²) in [6.45, 7) is -1.53. The summed E-state index contributed by atoms with van der Waals surface area (Å²) in [7, 11) is 3.12. The predicted molar refractivity (Wildman–Crippen MR) is 101 cm³/mol. The van der Waals surface area contributed by atoms with Gasteiger partial charge < -0.3 is 19.1 Å². The number of aromatic nitrogens is 1. The van der Waals surface area contributed by atoms with Crippen molar-refractivity contribution >= 4 is 22.7 Å². The van der Waals surface area contributed by atoms with Crippen LogP contribution in [-0.4, -0.2) is 77.4 Å². The summed E-state index contributed by atoms with van der Waals surface area (Å²) in [5.74, 6) is -1.77. The van der Waals surface area contributed by atoms with Crippen molar-refractivity contribution in [3.8, 4) is 0 Å². The first-order valence-electron chi connectivity index (χ1n) is 9.26. The van der Waals surface area contributed by atoms with E-state index in [0.29, 0.717) is 10.9 Å². The van der Waals surface area contributed by atoms with Crippen molar-refractivity contribution in [2.75, 3.05) is 39.9 Å². The summed E-state index contributed by atoms with van der Waals surface area (Å²) < 4.78 is 37.3. The summed E-state index contributed by atoms with van der Waals surface area (Å²) in [5.41, 5.74) is -5.38. The molecule has 0 spiro atoms. The van der Waals surface area contributed by atoms with Gasteiger partial charge in [-0.3, -0.25) is 14.4 Å². The Labute approximate surface area is 165 Å². The molecular formula is C20H21F2N3O4. The third kappa shape index (κ3) is 2.75. The third-order valence-electron chi connectivity index (χ3n) is 5.81. The number of amides is 2. The van der Waals surface area contributed by atoms with Crippen LogP contribution in [0.25, 0.3) is 10.9 Å². The number of fused-ring (bicyclic) bond motifs is 2. The van der Waals surface area contributed by atoms with Crippen LogP contribution >= 0.6 is 0 Å². The number of likely N-dealkylation sites (tertiary alicyclic amines) is 2. The maximum atomic E-state index is 15.4. The minimum atomic E-state index is -2.82. The highest BCUT2D eigenvalue weighted by Gasteiger charge is 2.71. The van der Waals surface area contributed by atoms with Gasteiger partial charge in [-0.2, -0.15) is 0 Å². The number of carbonyl (C=O) groups is 2. The van der Waals surface area contributed by atoms with Crippen molar-refractivity contribution in [1.29, 1.82) is 0 Å². The number of carbonyl (C=O) groups excluding carboxylic acids is 2. The van der Waals surface area contributed by atoms with Crippen LogP contribution in [0.5, 0.6) is 0 Å². The number of alkyl halides is 2. The minimum Gasteiger partial charge on any atom is -0.383 e. The molecule has 2 fully saturated rings. The molecule has 29 heavy (non-hydrogen) atoms. The highest BCUT2D eigenvalue weighted by molar-refractivity contribution is 5.99. The largest absolute Gasteiger partial charge is 0.383 e. The number of aryl methyl sites for hydroxylation is 1. The number of nitrogens with zero attached hydrogens (tertiary/aromatic N) is 3. The Balaban J connectivity index is 1.65. The normalized spacial score (nSPS) is 26.4. The van der Waals surface area contributed by atoms with Gasteiger partial charge in [0.25, 0.3) is 11.8 Å². The number of benzene rings is 1. The quantitative estimate of drug-likeness (QED) is 0.758. The van der Waals surface area contributed by atoms with E-state index < -0.39 is 48.2 Å². The molecule has 0 aliphatic carbocycles. The second kappa shape index (κ2) is 6.62.